The van der Waals surface area contributed by atoms with Crippen LogP contribution in [-0.2, 0) is 6.18 Å². The van der Waals surface area contributed by atoms with Gasteiger partial charge in [-0.05, 0) is 35.7 Å². The molecule has 0 aliphatic heterocycles. The van der Waals surface area contributed by atoms with Crippen molar-refractivity contribution in [1.82, 2.24) is 5.43 Å². The summed E-state index contributed by atoms with van der Waals surface area (Å²) in [7, 11) is 0. The molecule has 0 aliphatic carbocycles. The third-order valence-corrected chi connectivity index (χ3v) is 3.21. The minimum absolute atomic E-state index is 0.474. The second-order valence-corrected chi connectivity index (χ2v) is 4.58. The Morgan fingerprint density at radius 3 is 2.35 bits per heavy atom. The molecule has 0 heterocycles. The molecule has 2 nitrogen and oxygen atoms in total. The Kier molecular flexibility index (Phi) is 4.11. The van der Waals surface area contributed by atoms with Crippen LogP contribution in [0.15, 0.2) is 48.5 Å². The molecule has 3 N–H and O–H groups in total. The predicted octanol–water partition coefficient (Wildman–Crippen LogP) is 3.57. The van der Waals surface area contributed by atoms with Gasteiger partial charge < -0.3 is 0 Å². The van der Waals surface area contributed by atoms with Crippen LogP contribution in [0.3, 0.4) is 0 Å². The van der Waals surface area contributed by atoms with Crippen LogP contribution in [0, 0.1) is 6.92 Å². The van der Waals surface area contributed by atoms with E-state index in [0.717, 1.165) is 23.3 Å². The van der Waals surface area contributed by atoms with E-state index in [4.69, 9.17) is 5.84 Å². The van der Waals surface area contributed by atoms with Crippen LogP contribution in [-0.4, -0.2) is 0 Å². The number of rotatable bonds is 3. The van der Waals surface area contributed by atoms with Gasteiger partial charge in [0.15, 0.2) is 0 Å². The Labute approximate surface area is 115 Å². The van der Waals surface area contributed by atoms with Gasteiger partial charge in [-0.25, -0.2) is 5.43 Å². The maximum atomic E-state index is 12.8. The number of hydrazine groups is 1. The highest BCUT2D eigenvalue weighted by Gasteiger charge is 2.31. The smallest absolute Gasteiger partial charge is 0.271 e. The van der Waals surface area contributed by atoms with Crippen LogP contribution in [0.2, 0.25) is 0 Å². The molecule has 1 unspecified atom stereocenters. The number of nitrogens with two attached hydrogens (primary N) is 1. The number of hydrogen-bond donors (Lipinski definition) is 2. The fourth-order valence-corrected chi connectivity index (χ4v) is 2.17. The van der Waals surface area contributed by atoms with Gasteiger partial charge >= 0.3 is 6.18 Å². The average Bonchev–Trinajstić information content (AvgIpc) is 2.41. The van der Waals surface area contributed by atoms with Gasteiger partial charge in [-0.3, -0.25) is 5.84 Å². The molecule has 2 rings (SSSR count). The van der Waals surface area contributed by atoms with Crippen LogP contribution in [0.25, 0.3) is 0 Å². The molecule has 106 valence electrons. The zero-order valence-corrected chi connectivity index (χ0v) is 10.9. The lowest BCUT2D eigenvalue weighted by molar-refractivity contribution is -0.137. The van der Waals surface area contributed by atoms with Gasteiger partial charge in [0.05, 0.1) is 11.6 Å². The van der Waals surface area contributed by atoms with E-state index >= 15 is 0 Å². The summed E-state index contributed by atoms with van der Waals surface area (Å²) in [5.41, 5.74) is 4.21. The van der Waals surface area contributed by atoms with Gasteiger partial charge in [-0.15, -0.1) is 0 Å². The molecule has 0 saturated carbocycles. The summed E-state index contributed by atoms with van der Waals surface area (Å²) in [4.78, 5) is 0. The van der Waals surface area contributed by atoms with Gasteiger partial charge in [0.2, 0.25) is 0 Å². The lowest BCUT2D eigenvalue weighted by Gasteiger charge is -2.20. The van der Waals surface area contributed by atoms with E-state index in [1.807, 2.05) is 31.2 Å². The molecule has 0 amide bonds. The average molecular weight is 280 g/mol. The molecule has 2 aromatic carbocycles. The number of nitrogens with one attached hydrogen (secondary N) is 1. The molecular weight excluding hydrogens is 265 g/mol. The minimum Gasteiger partial charge on any atom is -0.271 e. The molecule has 0 fully saturated rings. The first-order chi connectivity index (χ1) is 9.43. The van der Waals surface area contributed by atoms with Gasteiger partial charge in [0, 0.05) is 0 Å². The number of alkyl halides is 3. The summed E-state index contributed by atoms with van der Waals surface area (Å²) in [5, 5.41) is 0. The first kappa shape index (κ1) is 14.6. The Balaban J connectivity index is 2.46. The van der Waals surface area contributed by atoms with Crippen molar-refractivity contribution in [2.75, 3.05) is 0 Å². The number of benzene rings is 2. The van der Waals surface area contributed by atoms with Crippen molar-refractivity contribution in [2.45, 2.75) is 19.1 Å². The summed E-state index contributed by atoms with van der Waals surface area (Å²) >= 11 is 0. The van der Waals surface area contributed by atoms with Crippen molar-refractivity contribution in [3.63, 3.8) is 0 Å². The second kappa shape index (κ2) is 5.64. The third-order valence-electron chi connectivity index (χ3n) is 3.21. The van der Waals surface area contributed by atoms with Gasteiger partial charge in [-0.1, -0.05) is 36.4 Å². The minimum atomic E-state index is -4.36. The lowest BCUT2D eigenvalue weighted by Crippen LogP contribution is -2.29. The van der Waals surface area contributed by atoms with Gasteiger partial charge in [0.1, 0.15) is 0 Å². The number of hydrogen-bond acceptors (Lipinski definition) is 2. The Bertz CT molecular complexity index is 594. The molecule has 0 spiro atoms. The fourth-order valence-electron chi connectivity index (χ4n) is 2.17. The van der Waals surface area contributed by atoms with Crippen molar-refractivity contribution in [3.8, 4) is 0 Å². The van der Waals surface area contributed by atoms with Crippen molar-refractivity contribution in [2.24, 2.45) is 5.84 Å². The summed E-state index contributed by atoms with van der Waals surface area (Å²) in [6.07, 6.45) is -4.36. The molecule has 0 saturated heterocycles. The van der Waals surface area contributed by atoms with E-state index in [1.54, 1.807) is 6.07 Å². The van der Waals surface area contributed by atoms with Crippen molar-refractivity contribution in [3.05, 3.63) is 70.8 Å². The molecule has 20 heavy (non-hydrogen) atoms. The maximum absolute atomic E-state index is 12.8. The molecule has 0 aromatic heterocycles. The zero-order chi connectivity index (χ0) is 14.8. The second-order valence-electron chi connectivity index (χ2n) is 4.58. The number of aryl methyl sites for hydroxylation is 1. The fraction of sp³-hybridized carbons (Fsp3) is 0.200. The lowest BCUT2D eigenvalue weighted by atomic mass is 9.94. The summed E-state index contributed by atoms with van der Waals surface area (Å²) in [6.45, 7) is 1.90. The van der Waals surface area contributed by atoms with Crippen molar-refractivity contribution in [1.29, 1.82) is 0 Å². The highest BCUT2D eigenvalue weighted by Crippen LogP contribution is 2.32. The standard InChI is InChI=1S/C15H15F3N2/c1-10-5-2-3-8-13(10)14(20-19)11-6-4-7-12(9-11)15(16,17)18/h2-9,14,20H,19H2,1H3. The maximum Gasteiger partial charge on any atom is 0.416 e. The summed E-state index contributed by atoms with van der Waals surface area (Å²) < 4.78 is 38.3. The van der Waals surface area contributed by atoms with Crippen LogP contribution in [0.4, 0.5) is 13.2 Å². The van der Waals surface area contributed by atoms with Gasteiger partial charge in [0.25, 0.3) is 0 Å². The quantitative estimate of drug-likeness (QED) is 0.666. The van der Waals surface area contributed by atoms with E-state index in [2.05, 4.69) is 5.43 Å². The van der Waals surface area contributed by atoms with Gasteiger partial charge in [-0.2, -0.15) is 13.2 Å². The zero-order valence-electron chi connectivity index (χ0n) is 10.9. The highest BCUT2D eigenvalue weighted by atomic mass is 19.4. The Morgan fingerprint density at radius 2 is 1.75 bits per heavy atom. The summed E-state index contributed by atoms with van der Waals surface area (Å²) in [6, 6.07) is 12.2. The van der Waals surface area contributed by atoms with Crippen LogP contribution in [0.1, 0.15) is 28.3 Å². The first-order valence-electron chi connectivity index (χ1n) is 6.12. The van der Waals surface area contributed by atoms with Crippen molar-refractivity contribution >= 4 is 0 Å². The first-order valence-corrected chi connectivity index (χ1v) is 6.12. The summed E-state index contributed by atoms with van der Waals surface area (Å²) in [5.74, 6) is 5.53. The monoisotopic (exact) mass is 280 g/mol. The molecule has 0 aliphatic rings. The molecule has 5 heteroatoms. The molecular formula is C15H15F3N2. The molecule has 2 aromatic rings. The Morgan fingerprint density at radius 1 is 1.05 bits per heavy atom. The van der Waals surface area contributed by atoms with E-state index in [1.165, 1.54) is 6.07 Å². The molecule has 0 bridgehead atoms. The highest BCUT2D eigenvalue weighted by molar-refractivity contribution is 5.38. The van der Waals surface area contributed by atoms with E-state index in [9.17, 15) is 13.2 Å². The van der Waals surface area contributed by atoms with Crippen molar-refractivity contribution < 1.29 is 13.2 Å². The van der Waals surface area contributed by atoms with E-state index in [-0.39, 0.29) is 0 Å². The molecule has 1 atom stereocenters. The van der Waals surface area contributed by atoms with E-state index < -0.39 is 17.8 Å². The molecule has 0 radical (unpaired) electrons. The van der Waals surface area contributed by atoms with Crippen LogP contribution >= 0.6 is 0 Å². The van der Waals surface area contributed by atoms with E-state index in [0.29, 0.717) is 5.56 Å². The topological polar surface area (TPSA) is 38.0 Å². The predicted molar refractivity (Wildman–Crippen MR) is 71.8 cm³/mol. The Hall–Kier alpha value is -1.85. The van der Waals surface area contributed by atoms with Crippen LogP contribution < -0.4 is 11.3 Å². The normalized spacial score (nSPS) is 13.2. The SMILES string of the molecule is Cc1ccccc1C(NN)c1cccc(C(F)(F)F)c1. The number of halogens is 3. The third kappa shape index (κ3) is 3.00. The largest absolute Gasteiger partial charge is 0.416 e. The van der Waals surface area contributed by atoms with Crippen LogP contribution in [0.5, 0.6) is 0 Å².